The molecule has 0 saturated carbocycles. The van der Waals surface area contributed by atoms with Crippen LogP contribution in [0.1, 0.15) is 15.2 Å². The summed E-state index contributed by atoms with van der Waals surface area (Å²) in [6, 6.07) is 15.4. The van der Waals surface area contributed by atoms with E-state index in [9.17, 15) is 13.2 Å². The van der Waals surface area contributed by atoms with Gasteiger partial charge in [-0.05, 0) is 65.9 Å². The summed E-state index contributed by atoms with van der Waals surface area (Å²) in [5.74, 6) is -0.0213. The van der Waals surface area contributed by atoms with Crippen LogP contribution in [0.5, 0.6) is 0 Å². The highest BCUT2D eigenvalue weighted by molar-refractivity contribution is 9.10. The molecule has 1 aliphatic rings. The average molecular weight is 463 g/mol. The van der Waals surface area contributed by atoms with Gasteiger partial charge in [0.1, 0.15) is 0 Å². The van der Waals surface area contributed by atoms with Crippen LogP contribution in [-0.2, 0) is 16.4 Å². The van der Waals surface area contributed by atoms with Gasteiger partial charge in [0.2, 0.25) is 0 Å². The largest absolute Gasteiger partial charge is 0.307 e. The van der Waals surface area contributed by atoms with Crippen LogP contribution in [0.25, 0.3) is 0 Å². The number of hydrogen-bond donors (Lipinski definition) is 1. The Labute approximate surface area is 169 Å². The van der Waals surface area contributed by atoms with Gasteiger partial charge in [-0.3, -0.25) is 9.52 Å². The van der Waals surface area contributed by atoms with Crippen molar-refractivity contribution in [2.45, 2.75) is 11.3 Å². The topological polar surface area (TPSA) is 66.5 Å². The van der Waals surface area contributed by atoms with Gasteiger partial charge in [-0.1, -0.05) is 22.0 Å². The Kier molecular flexibility index (Phi) is 4.79. The van der Waals surface area contributed by atoms with Crippen LogP contribution in [-0.4, -0.2) is 20.9 Å². The summed E-state index contributed by atoms with van der Waals surface area (Å²) in [4.78, 5) is 15.3. The minimum atomic E-state index is -3.66. The highest BCUT2D eigenvalue weighted by Gasteiger charge is 2.26. The van der Waals surface area contributed by atoms with E-state index >= 15 is 0 Å². The number of fused-ring (bicyclic) bond motifs is 1. The Morgan fingerprint density at radius 3 is 2.59 bits per heavy atom. The van der Waals surface area contributed by atoms with E-state index < -0.39 is 10.0 Å². The van der Waals surface area contributed by atoms with Crippen LogP contribution in [0, 0.1) is 0 Å². The first-order valence-corrected chi connectivity index (χ1v) is 11.4. The van der Waals surface area contributed by atoms with Crippen molar-refractivity contribution in [1.29, 1.82) is 0 Å². The molecule has 138 valence electrons. The van der Waals surface area contributed by atoms with E-state index in [4.69, 9.17) is 0 Å². The fraction of sp³-hybridized carbons (Fsp3) is 0.105. The molecule has 2 aromatic carbocycles. The number of halogens is 1. The molecule has 5 nitrogen and oxygen atoms in total. The Bertz CT molecular complexity index is 1090. The smallest absolute Gasteiger partial charge is 0.268 e. The predicted molar refractivity (Wildman–Crippen MR) is 111 cm³/mol. The third kappa shape index (κ3) is 3.65. The number of amides is 1. The van der Waals surface area contributed by atoms with Gasteiger partial charge in [0, 0.05) is 22.4 Å². The number of benzene rings is 2. The number of nitrogens with one attached hydrogen (secondary N) is 1. The molecule has 3 aromatic rings. The van der Waals surface area contributed by atoms with Crippen LogP contribution in [0.2, 0.25) is 0 Å². The van der Waals surface area contributed by atoms with Crippen molar-refractivity contribution in [2.75, 3.05) is 16.2 Å². The van der Waals surface area contributed by atoms with Gasteiger partial charge in [-0.2, -0.15) is 0 Å². The fourth-order valence-electron chi connectivity index (χ4n) is 3.04. The number of sulfonamides is 1. The standard InChI is InChI=1S/C19H15BrN2O3S2/c20-14-3-6-16(7-4-14)27(24,25)21-15-5-8-17-13(12-15)9-10-22(17)19(23)18-2-1-11-26-18/h1-8,11-12,21H,9-10H2. The molecule has 0 atom stereocenters. The SMILES string of the molecule is O=C(c1cccs1)N1CCc2cc(NS(=O)(=O)c3ccc(Br)cc3)ccc21. The molecule has 1 aliphatic heterocycles. The van der Waals surface area contributed by atoms with E-state index in [1.165, 1.54) is 11.3 Å². The maximum absolute atomic E-state index is 12.6. The lowest BCUT2D eigenvalue weighted by molar-refractivity contribution is 0.0993. The first-order valence-electron chi connectivity index (χ1n) is 8.21. The van der Waals surface area contributed by atoms with Crippen molar-refractivity contribution in [2.24, 2.45) is 0 Å². The summed E-state index contributed by atoms with van der Waals surface area (Å²) >= 11 is 4.71. The van der Waals surface area contributed by atoms with Gasteiger partial charge in [0.15, 0.2) is 0 Å². The number of carbonyl (C=O) groups excluding carboxylic acids is 1. The lowest BCUT2D eigenvalue weighted by Gasteiger charge is -2.17. The molecule has 1 amide bonds. The molecular formula is C19H15BrN2O3S2. The molecule has 0 fully saturated rings. The van der Waals surface area contributed by atoms with Gasteiger partial charge >= 0.3 is 0 Å². The first kappa shape index (κ1) is 18.2. The minimum Gasteiger partial charge on any atom is -0.307 e. The molecule has 0 bridgehead atoms. The number of hydrogen-bond acceptors (Lipinski definition) is 4. The molecule has 27 heavy (non-hydrogen) atoms. The summed E-state index contributed by atoms with van der Waals surface area (Å²) in [7, 11) is -3.66. The van der Waals surface area contributed by atoms with Crippen LogP contribution >= 0.6 is 27.3 Å². The molecule has 1 aromatic heterocycles. The fourth-order valence-corrected chi connectivity index (χ4v) is 5.02. The molecular weight excluding hydrogens is 448 g/mol. The van der Waals surface area contributed by atoms with E-state index in [1.54, 1.807) is 47.4 Å². The van der Waals surface area contributed by atoms with Crippen LogP contribution in [0.3, 0.4) is 0 Å². The van der Waals surface area contributed by atoms with E-state index in [1.807, 2.05) is 17.5 Å². The van der Waals surface area contributed by atoms with Crippen LogP contribution < -0.4 is 9.62 Å². The highest BCUT2D eigenvalue weighted by Crippen LogP contribution is 2.33. The van der Waals surface area contributed by atoms with Crippen molar-refractivity contribution < 1.29 is 13.2 Å². The monoisotopic (exact) mass is 462 g/mol. The predicted octanol–water partition coefficient (Wildman–Crippen LogP) is 4.51. The van der Waals surface area contributed by atoms with Crippen molar-refractivity contribution >= 4 is 54.6 Å². The van der Waals surface area contributed by atoms with E-state index in [2.05, 4.69) is 20.7 Å². The van der Waals surface area contributed by atoms with Crippen molar-refractivity contribution in [1.82, 2.24) is 0 Å². The maximum Gasteiger partial charge on any atom is 0.268 e. The lowest BCUT2D eigenvalue weighted by Crippen LogP contribution is -2.28. The number of nitrogens with zero attached hydrogens (tertiary/aromatic N) is 1. The molecule has 0 spiro atoms. The zero-order valence-corrected chi connectivity index (χ0v) is 17.3. The van der Waals surface area contributed by atoms with Gasteiger partial charge in [-0.25, -0.2) is 8.42 Å². The van der Waals surface area contributed by atoms with Crippen molar-refractivity contribution in [3.8, 4) is 0 Å². The highest BCUT2D eigenvalue weighted by atomic mass is 79.9. The molecule has 2 heterocycles. The molecule has 0 saturated heterocycles. The first-order chi connectivity index (χ1) is 12.9. The van der Waals surface area contributed by atoms with E-state index in [0.717, 1.165) is 15.7 Å². The third-order valence-electron chi connectivity index (χ3n) is 4.33. The zero-order chi connectivity index (χ0) is 19.0. The molecule has 1 N–H and O–H groups in total. The maximum atomic E-state index is 12.6. The third-order valence-corrected chi connectivity index (χ3v) is 7.11. The Morgan fingerprint density at radius 1 is 1.11 bits per heavy atom. The average Bonchev–Trinajstić information content (AvgIpc) is 3.31. The Morgan fingerprint density at radius 2 is 1.89 bits per heavy atom. The van der Waals surface area contributed by atoms with Crippen LogP contribution in [0.4, 0.5) is 11.4 Å². The summed E-state index contributed by atoms with van der Waals surface area (Å²) in [5, 5.41) is 1.88. The molecule has 0 radical (unpaired) electrons. The summed E-state index contributed by atoms with van der Waals surface area (Å²) in [6.07, 6.45) is 0.695. The Hall–Kier alpha value is -2.16. The number of carbonyl (C=O) groups is 1. The van der Waals surface area contributed by atoms with Gasteiger partial charge in [0.25, 0.3) is 15.9 Å². The number of thiophene rings is 1. The minimum absolute atomic E-state index is 0.0213. The Balaban J connectivity index is 1.57. The second-order valence-electron chi connectivity index (χ2n) is 6.09. The quantitative estimate of drug-likeness (QED) is 0.619. The van der Waals surface area contributed by atoms with Crippen molar-refractivity contribution in [3.63, 3.8) is 0 Å². The lowest BCUT2D eigenvalue weighted by atomic mass is 10.1. The summed E-state index contributed by atoms with van der Waals surface area (Å²) in [6.45, 7) is 0.592. The van der Waals surface area contributed by atoms with Crippen LogP contribution in [0.15, 0.2) is 69.3 Å². The van der Waals surface area contributed by atoms with Gasteiger partial charge in [0.05, 0.1) is 9.77 Å². The van der Waals surface area contributed by atoms with Gasteiger partial charge < -0.3 is 4.90 Å². The molecule has 8 heteroatoms. The van der Waals surface area contributed by atoms with Gasteiger partial charge in [-0.15, -0.1) is 11.3 Å². The van der Waals surface area contributed by atoms with Crippen molar-refractivity contribution in [3.05, 3.63) is 74.9 Å². The van der Waals surface area contributed by atoms with E-state index in [0.29, 0.717) is 23.5 Å². The molecule has 4 rings (SSSR count). The van der Waals surface area contributed by atoms with E-state index in [-0.39, 0.29) is 10.8 Å². The number of rotatable bonds is 4. The molecule has 0 aliphatic carbocycles. The molecule has 0 unspecified atom stereocenters. The second-order valence-corrected chi connectivity index (χ2v) is 9.63. The summed E-state index contributed by atoms with van der Waals surface area (Å²) in [5.41, 5.74) is 2.28. The normalized spacial score (nSPS) is 13.4. The second kappa shape index (κ2) is 7.10. The summed E-state index contributed by atoms with van der Waals surface area (Å²) < 4.78 is 28.5. The number of anilines is 2. The zero-order valence-electron chi connectivity index (χ0n) is 14.1.